The van der Waals surface area contributed by atoms with Gasteiger partial charge in [-0.05, 0) is 48.0 Å². The van der Waals surface area contributed by atoms with Gasteiger partial charge < -0.3 is 16.0 Å². The van der Waals surface area contributed by atoms with Crippen LogP contribution in [0.4, 0.5) is 26.2 Å². The van der Waals surface area contributed by atoms with Crippen molar-refractivity contribution in [3.8, 4) is 0 Å². The van der Waals surface area contributed by atoms with E-state index in [-0.39, 0.29) is 24.2 Å². The van der Waals surface area contributed by atoms with Gasteiger partial charge in [0.25, 0.3) is 0 Å². The number of hydrogen-bond acceptors (Lipinski definition) is 2. The summed E-state index contributed by atoms with van der Waals surface area (Å²) in [6.07, 6.45) is 0.0594. The molecule has 5 nitrogen and oxygen atoms in total. The van der Waals surface area contributed by atoms with Gasteiger partial charge in [0, 0.05) is 17.1 Å². The van der Waals surface area contributed by atoms with Crippen molar-refractivity contribution in [3.63, 3.8) is 0 Å². The van der Waals surface area contributed by atoms with E-state index < -0.39 is 0 Å². The van der Waals surface area contributed by atoms with Crippen LogP contribution in [0, 0.1) is 5.82 Å². The van der Waals surface area contributed by atoms with Gasteiger partial charge in [0.2, 0.25) is 5.91 Å². The normalized spacial score (nSPS) is 10.1. The number of amides is 3. The maximum Gasteiger partial charge on any atom is 0.323 e. The zero-order valence-electron chi connectivity index (χ0n) is 14.4. The molecule has 0 unspecified atom stereocenters. The van der Waals surface area contributed by atoms with E-state index >= 15 is 0 Å². The van der Waals surface area contributed by atoms with Crippen molar-refractivity contribution < 1.29 is 14.0 Å². The second-order valence-electron chi connectivity index (χ2n) is 5.88. The van der Waals surface area contributed by atoms with Crippen molar-refractivity contribution in [1.82, 2.24) is 0 Å². The molecule has 0 aliphatic rings. The van der Waals surface area contributed by atoms with Gasteiger partial charge in [-0.3, -0.25) is 4.79 Å². The molecule has 0 heterocycles. The number of benzene rings is 3. The van der Waals surface area contributed by atoms with Crippen molar-refractivity contribution in [1.29, 1.82) is 0 Å². The van der Waals surface area contributed by atoms with E-state index in [0.717, 1.165) is 0 Å². The van der Waals surface area contributed by atoms with Gasteiger partial charge in [-0.1, -0.05) is 36.4 Å². The molecule has 0 aromatic heterocycles. The Morgan fingerprint density at radius 1 is 0.704 bits per heavy atom. The molecule has 0 fully saturated rings. The van der Waals surface area contributed by atoms with E-state index in [1.165, 1.54) is 12.1 Å². The molecular formula is C21H18FN3O2. The van der Waals surface area contributed by atoms with E-state index in [4.69, 9.17) is 0 Å². The summed E-state index contributed by atoms with van der Waals surface area (Å²) in [5, 5.41) is 8.17. The summed E-state index contributed by atoms with van der Waals surface area (Å²) < 4.78 is 13.2. The molecule has 3 aromatic rings. The van der Waals surface area contributed by atoms with Crippen LogP contribution in [-0.2, 0) is 11.2 Å². The number of nitrogens with one attached hydrogen (secondary N) is 3. The number of rotatable bonds is 5. The van der Waals surface area contributed by atoms with Crippen molar-refractivity contribution in [2.24, 2.45) is 0 Å². The topological polar surface area (TPSA) is 70.2 Å². The fraction of sp³-hybridized carbons (Fsp3) is 0.0476. The first kappa shape index (κ1) is 18.1. The van der Waals surface area contributed by atoms with Crippen molar-refractivity contribution in [3.05, 3.63) is 90.2 Å². The Labute approximate surface area is 156 Å². The maximum atomic E-state index is 13.2. The molecule has 3 aromatic carbocycles. The van der Waals surface area contributed by atoms with Gasteiger partial charge in [-0.2, -0.15) is 0 Å². The Kier molecular flexibility index (Phi) is 5.79. The minimum absolute atomic E-state index is 0.0594. The summed E-state index contributed by atoms with van der Waals surface area (Å²) in [6.45, 7) is 0. The number of anilines is 3. The van der Waals surface area contributed by atoms with Crippen LogP contribution in [0.15, 0.2) is 78.9 Å². The van der Waals surface area contributed by atoms with E-state index in [9.17, 15) is 14.0 Å². The lowest BCUT2D eigenvalue weighted by Gasteiger charge is -2.10. The molecule has 0 radical (unpaired) electrons. The van der Waals surface area contributed by atoms with E-state index in [0.29, 0.717) is 22.6 Å². The molecule has 0 saturated heterocycles. The zero-order valence-corrected chi connectivity index (χ0v) is 14.4. The lowest BCUT2D eigenvalue weighted by Crippen LogP contribution is -2.19. The monoisotopic (exact) mass is 363 g/mol. The van der Waals surface area contributed by atoms with Crippen LogP contribution in [-0.4, -0.2) is 11.9 Å². The smallest absolute Gasteiger partial charge is 0.323 e. The molecule has 0 spiro atoms. The molecule has 3 amide bonds. The highest BCUT2D eigenvalue weighted by atomic mass is 19.1. The zero-order chi connectivity index (χ0) is 19.1. The van der Waals surface area contributed by atoms with E-state index in [1.807, 2.05) is 18.2 Å². The highest BCUT2D eigenvalue weighted by molar-refractivity contribution is 6.00. The van der Waals surface area contributed by atoms with Crippen LogP contribution < -0.4 is 16.0 Å². The van der Waals surface area contributed by atoms with Crippen LogP contribution in [0.3, 0.4) is 0 Å². The quantitative estimate of drug-likeness (QED) is 0.617. The largest absolute Gasteiger partial charge is 0.326 e. The highest BCUT2D eigenvalue weighted by Gasteiger charge is 2.07. The standard InChI is InChI=1S/C21H18FN3O2/c22-16-7-4-6-15(12-16)13-20(26)23-18-10-5-11-19(14-18)25-21(27)24-17-8-2-1-3-9-17/h1-12,14H,13H2,(H,23,26)(H2,24,25,27). The lowest BCUT2D eigenvalue weighted by atomic mass is 10.1. The number of para-hydroxylation sites is 1. The molecule has 0 saturated carbocycles. The molecule has 0 aliphatic heterocycles. The summed E-state index contributed by atoms with van der Waals surface area (Å²) in [5.74, 6) is -0.651. The Morgan fingerprint density at radius 2 is 1.33 bits per heavy atom. The number of urea groups is 1. The molecule has 3 rings (SSSR count). The van der Waals surface area contributed by atoms with Gasteiger partial charge in [0.05, 0.1) is 6.42 Å². The average Bonchev–Trinajstić information content (AvgIpc) is 2.62. The third-order valence-electron chi connectivity index (χ3n) is 3.69. The first-order valence-electron chi connectivity index (χ1n) is 8.36. The van der Waals surface area contributed by atoms with Crippen molar-refractivity contribution >= 4 is 29.0 Å². The number of carbonyl (C=O) groups is 2. The third-order valence-corrected chi connectivity index (χ3v) is 3.69. The van der Waals surface area contributed by atoms with Crippen molar-refractivity contribution in [2.75, 3.05) is 16.0 Å². The molecule has 0 atom stereocenters. The van der Waals surface area contributed by atoms with Gasteiger partial charge in [0.1, 0.15) is 5.82 Å². The average molecular weight is 363 g/mol. The first-order chi connectivity index (χ1) is 13.1. The van der Waals surface area contributed by atoms with E-state index in [2.05, 4.69) is 16.0 Å². The molecule has 3 N–H and O–H groups in total. The maximum absolute atomic E-state index is 13.2. The Balaban J connectivity index is 1.58. The Morgan fingerprint density at radius 3 is 2.07 bits per heavy atom. The minimum Gasteiger partial charge on any atom is -0.326 e. The molecule has 6 heteroatoms. The second kappa shape index (κ2) is 8.62. The van der Waals surface area contributed by atoms with Crippen LogP contribution in [0.2, 0.25) is 0 Å². The summed E-state index contributed by atoms with van der Waals surface area (Å²) in [7, 11) is 0. The first-order valence-corrected chi connectivity index (χ1v) is 8.36. The third kappa shape index (κ3) is 5.67. The van der Waals surface area contributed by atoms with E-state index in [1.54, 1.807) is 48.5 Å². The minimum atomic E-state index is -0.385. The molecule has 0 bridgehead atoms. The molecule has 136 valence electrons. The fourth-order valence-electron chi connectivity index (χ4n) is 2.53. The van der Waals surface area contributed by atoms with Gasteiger partial charge >= 0.3 is 6.03 Å². The predicted molar refractivity (Wildman–Crippen MR) is 104 cm³/mol. The van der Waals surface area contributed by atoms with Gasteiger partial charge in [-0.15, -0.1) is 0 Å². The second-order valence-corrected chi connectivity index (χ2v) is 5.88. The van der Waals surface area contributed by atoms with Crippen LogP contribution in [0.1, 0.15) is 5.56 Å². The summed E-state index contributed by atoms with van der Waals surface area (Å²) >= 11 is 0. The summed E-state index contributed by atoms with van der Waals surface area (Å²) in [4.78, 5) is 24.2. The van der Waals surface area contributed by atoms with Gasteiger partial charge in [0.15, 0.2) is 0 Å². The number of hydrogen-bond donors (Lipinski definition) is 3. The fourth-order valence-corrected chi connectivity index (χ4v) is 2.53. The van der Waals surface area contributed by atoms with Crippen LogP contribution >= 0.6 is 0 Å². The van der Waals surface area contributed by atoms with Crippen LogP contribution in [0.5, 0.6) is 0 Å². The number of carbonyl (C=O) groups excluding carboxylic acids is 2. The molecule has 0 aliphatic carbocycles. The lowest BCUT2D eigenvalue weighted by molar-refractivity contribution is -0.115. The SMILES string of the molecule is O=C(Cc1cccc(F)c1)Nc1cccc(NC(=O)Nc2ccccc2)c1. The summed E-state index contributed by atoms with van der Waals surface area (Å²) in [6, 6.07) is 21.4. The Hall–Kier alpha value is -3.67. The molecular weight excluding hydrogens is 345 g/mol. The predicted octanol–water partition coefficient (Wildman–Crippen LogP) is 4.65. The molecule has 27 heavy (non-hydrogen) atoms. The summed E-state index contributed by atoms with van der Waals surface area (Å²) in [5.41, 5.74) is 2.33. The van der Waals surface area contributed by atoms with Crippen LogP contribution in [0.25, 0.3) is 0 Å². The van der Waals surface area contributed by atoms with Gasteiger partial charge in [-0.25, -0.2) is 9.18 Å². The Bertz CT molecular complexity index is 945. The highest BCUT2D eigenvalue weighted by Crippen LogP contribution is 2.16. The number of halogens is 1. The van der Waals surface area contributed by atoms with Crippen molar-refractivity contribution in [2.45, 2.75) is 6.42 Å².